The molecule has 36 heavy (non-hydrogen) atoms. The number of aliphatic hydroxyl groups excluding tert-OH is 1. The smallest absolute Gasteiger partial charge is 0.268 e. The highest BCUT2D eigenvalue weighted by atomic mass is 32.2. The quantitative estimate of drug-likeness (QED) is 0.196. The van der Waals surface area contributed by atoms with Crippen LogP contribution in [0, 0.1) is 0 Å². The molecule has 4 N–H and O–H groups in total. The van der Waals surface area contributed by atoms with Crippen LogP contribution >= 0.6 is 0 Å². The molecule has 0 fully saturated rings. The third-order valence-electron chi connectivity index (χ3n) is 5.93. The Labute approximate surface area is 212 Å². The van der Waals surface area contributed by atoms with Gasteiger partial charge in [-0.3, -0.25) is 4.55 Å². The molecule has 0 radical (unpaired) electrons. The van der Waals surface area contributed by atoms with Gasteiger partial charge in [0.05, 0.1) is 11.4 Å². The van der Waals surface area contributed by atoms with Crippen molar-refractivity contribution >= 4 is 10.1 Å². The summed E-state index contributed by atoms with van der Waals surface area (Å²) in [6.45, 7) is 1.21. The van der Waals surface area contributed by atoms with Crippen molar-refractivity contribution in [3.05, 3.63) is 107 Å². The average Bonchev–Trinajstić information content (AvgIpc) is 2.86. The Bertz CT molecular complexity index is 1220. The molecule has 0 heterocycles. The van der Waals surface area contributed by atoms with Gasteiger partial charge in [0.25, 0.3) is 10.1 Å². The third-order valence-corrected chi connectivity index (χ3v) is 7.20. The van der Waals surface area contributed by atoms with Crippen molar-refractivity contribution < 1.29 is 27.9 Å². The largest absolute Gasteiger partial charge is 0.508 e. The van der Waals surface area contributed by atoms with E-state index in [0.717, 1.165) is 23.4 Å². The normalized spacial score (nSPS) is 13.5. The van der Waals surface area contributed by atoms with Gasteiger partial charge in [-0.1, -0.05) is 60.7 Å². The van der Waals surface area contributed by atoms with Crippen LogP contribution in [0.2, 0.25) is 0 Å². The summed E-state index contributed by atoms with van der Waals surface area (Å²) >= 11 is 0. The van der Waals surface area contributed by atoms with Crippen molar-refractivity contribution in [3.8, 4) is 11.5 Å². The zero-order valence-corrected chi connectivity index (χ0v) is 21.1. The number of hydrogen-bond donors (Lipinski definition) is 4. The summed E-state index contributed by atoms with van der Waals surface area (Å²) < 4.78 is 39.4. The Morgan fingerprint density at radius 1 is 0.972 bits per heavy atom. The number of benzene rings is 3. The first kappa shape index (κ1) is 27.4. The Hall–Kier alpha value is -3.17. The molecule has 2 atom stereocenters. The van der Waals surface area contributed by atoms with Gasteiger partial charge < -0.3 is 20.3 Å². The van der Waals surface area contributed by atoms with Gasteiger partial charge in [0, 0.05) is 6.54 Å². The summed E-state index contributed by atoms with van der Waals surface area (Å²) in [5.74, 6) is 0.811. The number of aliphatic hydroxyl groups is 1. The van der Waals surface area contributed by atoms with E-state index in [0.29, 0.717) is 18.6 Å². The van der Waals surface area contributed by atoms with E-state index in [4.69, 9.17) is 4.74 Å². The number of allylic oxidation sites excluding steroid dienone is 1. The van der Waals surface area contributed by atoms with Crippen LogP contribution in [0.4, 0.5) is 0 Å². The molecular formula is C28H33NO6S. The van der Waals surface area contributed by atoms with Gasteiger partial charge in [0.1, 0.15) is 18.1 Å². The van der Waals surface area contributed by atoms with Crippen LogP contribution in [-0.4, -0.2) is 35.5 Å². The predicted octanol–water partition coefficient (Wildman–Crippen LogP) is 4.56. The van der Waals surface area contributed by atoms with Crippen molar-refractivity contribution in [2.24, 2.45) is 0 Å². The minimum absolute atomic E-state index is 0.0706. The molecule has 192 valence electrons. The van der Waals surface area contributed by atoms with Gasteiger partial charge in [-0.25, -0.2) is 0 Å². The maximum Gasteiger partial charge on any atom is 0.268 e. The summed E-state index contributed by atoms with van der Waals surface area (Å²) in [7, 11) is -2.35. The fourth-order valence-electron chi connectivity index (χ4n) is 3.83. The lowest BCUT2D eigenvalue weighted by molar-refractivity contribution is 0.228. The molecule has 0 spiro atoms. The molecule has 3 rings (SSSR count). The number of ether oxygens (including phenoxy) is 1. The Morgan fingerprint density at radius 3 is 2.28 bits per heavy atom. The maximum absolute atomic E-state index is 11.9. The molecular weight excluding hydrogens is 478 g/mol. The molecule has 0 bridgehead atoms. The molecule has 0 aromatic heterocycles. The molecule has 0 aliphatic heterocycles. The van der Waals surface area contributed by atoms with Crippen molar-refractivity contribution in [1.82, 2.24) is 5.32 Å². The monoisotopic (exact) mass is 511 g/mol. The zero-order valence-electron chi connectivity index (χ0n) is 20.2. The fraction of sp³-hybridized carbons (Fsp3) is 0.286. The highest BCUT2D eigenvalue weighted by molar-refractivity contribution is 7.86. The summed E-state index contributed by atoms with van der Waals surface area (Å²) in [4.78, 5) is 0. The highest BCUT2D eigenvalue weighted by Gasteiger charge is 2.21. The Balaban J connectivity index is 1.53. The minimum atomic E-state index is -4.26. The molecule has 0 aliphatic rings. The average molecular weight is 512 g/mol. The standard InChI is InChI=1S/C28H33NO6S/c1-29-19-23-5-2-3-6-24(23)20-35-26-16-9-21(10-17-26)11-18-27(36(32,33)34)7-4-8-28(31)22-12-14-25(30)15-13-22/h2-6,8-10,12-17,27-31H,7,11,18-20H2,1H3,(H,32,33,34)/t27-,28+/m0/s1. The lowest BCUT2D eigenvalue weighted by Gasteiger charge is -2.13. The van der Waals surface area contributed by atoms with E-state index in [2.05, 4.69) is 11.4 Å². The van der Waals surface area contributed by atoms with E-state index >= 15 is 0 Å². The minimum Gasteiger partial charge on any atom is -0.508 e. The predicted molar refractivity (Wildman–Crippen MR) is 140 cm³/mol. The summed E-state index contributed by atoms with van der Waals surface area (Å²) in [6.07, 6.45) is 2.86. The SMILES string of the molecule is CNCc1ccccc1COc1ccc(CC[C@H](CC=C[C@@H](O)c2ccc(O)cc2)S(=O)(=O)O)cc1. The van der Waals surface area contributed by atoms with E-state index in [1.54, 1.807) is 18.2 Å². The van der Waals surface area contributed by atoms with Gasteiger partial charge in [0.15, 0.2) is 0 Å². The molecule has 0 unspecified atom stereocenters. The third kappa shape index (κ3) is 8.49. The molecule has 8 heteroatoms. The van der Waals surface area contributed by atoms with Gasteiger partial charge in [0.2, 0.25) is 0 Å². The molecule has 0 amide bonds. The van der Waals surface area contributed by atoms with E-state index < -0.39 is 21.5 Å². The molecule has 0 saturated carbocycles. The first-order valence-corrected chi connectivity index (χ1v) is 13.3. The lowest BCUT2D eigenvalue weighted by Crippen LogP contribution is -2.20. The second-order valence-corrected chi connectivity index (χ2v) is 10.3. The molecule has 0 saturated heterocycles. The van der Waals surface area contributed by atoms with Crippen LogP contribution in [0.25, 0.3) is 0 Å². The molecule has 7 nitrogen and oxygen atoms in total. The van der Waals surface area contributed by atoms with Crippen LogP contribution in [-0.2, 0) is 29.7 Å². The first-order valence-electron chi connectivity index (χ1n) is 11.8. The number of aryl methyl sites for hydroxylation is 1. The van der Waals surface area contributed by atoms with Gasteiger partial charge in [-0.05, 0) is 72.8 Å². The number of phenolic OH excluding ortho intramolecular Hbond substituents is 1. The highest BCUT2D eigenvalue weighted by Crippen LogP contribution is 2.21. The van der Waals surface area contributed by atoms with E-state index in [1.165, 1.54) is 23.8 Å². The lowest BCUT2D eigenvalue weighted by atomic mass is 10.0. The van der Waals surface area contributed by atoms with Crippen LogP contribution in [0.15, 0.2) is 84.9 Å². The van der Waals surface area contributed by atoms with Gasteiger partial charge in [-0.15, -0.1) is 0 Å². The summed E-state index contributed by atoms with van der Waals surface area (Å²) in [5, 5.41) is 21.7. The van der Waals surface area contributed by atoms with Crippen molar-refractivity contribution in [2.75, 3.05) is 7.05 Å². The molecule has 3 aromatic rings. The Morgan fingerprint density at radius 2 is 1.64 bits per heavy atom. The zero-order chi connectivity index (χ0) is 26.0. The van der Waals surface area contributed by atoms with E-state index in [-0.39, 0.29) is 18.6 Å². The van der Waals surface area contributed by atoms with Crippen LogP contribution < -0.4 is 10.1 Å². The van der Waals surface area contributed by atoms with E-state index in [1.807, 2.05) is 49.5 Å². The fourth-order valence-corrected chi connectivity index (χ4v) is 4.60. The number of rotatable bonds is 13. The van der Waals surface area contributed by atoms with Crippen LogP contribution in [0.3, 0.4) is 0 Å². The molecule has 0 aliphatic carbocycles. The van der Waals surface area contributed by atoms with Crippen LogP contribution in [0.1, 0.15) is 41.2 Å². The number of hydrogen-bond acceptors (Lipinski definition) is 6. The first-order chi connectivity index (χ1) is 17.3. The topological polar surface area (TPSA) is 116 Å². The van der Waals surface area contributed by atoms with Crippen molar-refractivity contribution in [1.29, 1.82) is 0 Å². The second-order valence-electron chi connectivity index (χ2n) is 8.61. The summed E-state index contributed by atoms with van der Waals surface area (Å²) in [5.41, 5.74) is 3.79. The number of aromatic hydroxyl groups is 1. The summed E-state index contributed by atoms with van der Waals surface area (Å²) in [6, 6.07) is 21.7. The molecule has 3 aromatic carbocycles. The van der Waals surface area contributed by atoms with Gasteiger partial charge in [-0.2, -0.15) is 8.42 Å². The van der Waals surface area contributed by atoms with E-state index in [9.17, 15) is 23.2 Å². The second kappa shape index (κ2) is 13.2. The van der Waals surface area contributed by atoms with Gasteiger partial charge >= 0.3 is 0 Å². The van der Waals surface area contributed by atoms with Crippen molar-refractivity contribution in [2.45, 2.75) is 43.8 Å². The maximum atomic E-state index is 11.9. The number of phenols is 1. The van der Waals surface area contributed by atoms with Crippen LogP contribution in [0.5, 0.6) is 11.5 Å². The van der Waals surface area contributed by atoms with Crippen molar-refractivity contribution in [3.63, 3.8) is 0 Å². The number of nitrogens with one attached hydrogen (secondary N) is 1. The Kier molecular flexibility index (Phi) is 10.1.